The van der Waals surface area contributed by atoms with E-state index in [1.54, 1.807) is 18.2 Å². The van der Waals surface area contributed by atoms with E-state index < -0.39 is 20.9 Å². The molecule has 0 saturated heterocycles. The van der Waals surface area contributed by atoms with E-state index in [1.807, 2.05) is 12.1 Å². The van der Waals surface area contributed by atoms with Gasteiger partial charge in [0.2, 0.25) is 0 Å². The number of nitriles is 1. The van der Waals surface area contributed by atoms with Crippen molar-refractivity contribution >= 4 is 56.1 Å². The molecule has 0 radical (unpaired) electrons. The van der Waals surface area contributed by atoms with Crippen LogP contribution in [0.5, 0.6) is 5.75 Å². The summed E-state index contributed by atoms with van der Waals surface area (Å²) in [5, 5.41) is 22.9. The Labute approximate surface area is 202 Å². The van der Waals surface area contributed by atoms with Crippen molar-refractivity contribution in [2.75, 3.05) is 5.32 Å². The van der Waals surface area contributed by atoms with Gasteiger partial charge in [0, 0.05) is 21.4 Å². The molecule has 0 bridgehead atoms. The first kappa shape index (κ1) is 23.9. The highest BCUT2D eigenvalue weighted by molar-refractivity contribution is 14.1. The van der Waals surface area contributed by atoms with Crippen LogP contribution in [-0.2, 0) is 14.9 Å². The number of amides is 1. The van der Waals surface area contributed by atoms with Crippen molar-refractivity contribution in [1.29, 1.82) is 5.26 Å². The molecule has 0 aliphatic carbocycles. The number of non-ortho nitro benzene ring substituents is 1. The van der Waals surface area contributed by atoms with Crippen LogP contribution in [0.3, 0.4) is 0 Å². The fraction of sp³-hybridized carbons (Fsp3) is 0. The van der Waals surface area contributed by atoms with Crippen molar-refractivity contribution in [3.8, 4) is 11.8 Å². The number of carbonyl (C=O) groups is 1. The molecule has 1 N–H and O–H groups in total. The van der Waals surface area contributed by atoms with Crippen LogP contribution in [0.1, 0.15) is 5.56 Å². The molecule has 3 aromatic carbocycles. The van der Waals surface area contributed by atoms with Crippen molar-refractivity contribution in [1.82, 2.24) is 0 Å². The van der Waals surface area contributed by atoms with Gasteiger partial charge in [-0.25, -0.2) is 0 Å². The predicted molar refractivity (Wildman–Crippen MR) is 129 cm³/mol. The number of rotatable bonds is 7. The fourth-order valence-electron chi connectivity index (χ4n) is 2.63. The molecule has 0 aromatic heterocycles. The number of nitrogens with one attached hydrogen (secondary N) is 1. The lowest BCUT2D eigenvalue weighted by molar-refractivity contribution is -0.385. The summed E-state index contributed by atoms with van der Waals surface area (Å²) in [5.74, 6) is -0.631. The van der Waals surface area contributed by atoms with E-state index >= 15 is 0 Å². The van der Waals surface area contributed by atoms with Gasteiger partial charge in [0.05, 0.1) is 4.92 Å². The van der Waals surface area contributed by atoms with E-state index in [9.17, 15) is 28.6 Å². The third kappa shape index (κ3) is 6.37. The van der Waals surface area contributed by atoms with Crippen LogP contribution in [0.15, 0.2) is 83.3 Å². The Morgan fingerprint density at radius 2 is 1.79 bits per heavy atom. The second-order valence-corrected chi connectivity index (χ2v) is 9.29. The number of hydrogen-bond acceptors (Lipinski definition) is 7. The summed E-state index contributed by atoms with van der Waals surface area (Å²) < 4.78 is 30.8. The Morgan fingerprint density at radius 3 is 2.42 bits per heavy atom. The number of nitro benzene ring substituents is 1. The molecule has 0 heterocycles. The molecule has 0 aliphatic rings. The third-order valence-electron chi connectivity index (χ3n) is 4.16. The molecule has 0 unspecified atom stereocenters. The summed E-state index contributed by atoms with van der Waals surface area (Å²) >= 11 is 2.10. The molecule has 3 rings (SSSR count). The summed E-state index contributed by atoms with van der Waals surface area (Å²) in [5.41, 5.74) is 0.479. The zero-order valence-corrected chi connectivity index (χ0v) is 19.6. The largest absolute Gasteiger partial charge is 0.379 e. The van der Waals surface area contributed by atoms with Crippen molar-refractivity contribution in [2.45, 2.75) is 4.90 Å². The van der Waals surface area contributed by atoms with Crippen LogP contribution < -0.4 is 9.50 Å². The van der Waals surface area contributed by atoms with Gasteiger partial charge in [0.1, 0.15) is 22.3 Å². The number of benzene rings is 3. The molecule has 0 spiro atoms. The van der Waals surface area contributed by atoms with Crippen LogP contribution in [0, 0.1) is 25.0 Å². The molecule has 3 aromatic rings. The van der Waals surface area contributed by atoms with Gasteiger partial charge in [-0.1, -0.05) is 24.3 Å². The summed E-state index contributed by atoms with van der Waals surface area (Å²) in [6.07, 6.45) is 1.35. The Morgan fingerprint density at radius 1 is 1.09 bits per heavy atom. The normalized spacial score (nSPS) is 11.3. The first-order valence-corrected chi connectivity index (χ1v) is 11.6. The van der Waals surface area contributed by atoms with Gasteiger partial charge in [-0.3, -0.25) is 14.9 Å². The fourth-order valence-corrected chi connectivity index (χ4v) is 4.14. The van der Waals surface area contributed by atoms with Crippen molar-refractivity contribution in [3.63, 3.8) is 0 Å². The Hall–Kier alpha value is -3.76. The molecular weight excluding hydrogens is 561 g/mol. The van der Waals surface area contributed by atoms with Crippen LogP contribution in [0.25, 0.3) is 6.08 Å². The van der Waals surface area contributed by atoms with E-state index in [-0.39, 0.29) is 21.9 Å². The average Bonchev–Trinajstić information content (AvgIpc) is 2.78. The standard InChI is InChI=1S/C22H14IN3O6S/c23-17-3-1-4-18(12-17)25-22(27)16(14-24)11-15-7-9-20(10-8-15)32-33(30,31)21-6-2-5-19(13-21)26(28)29/h1-13H,(H,25,27)/b16-11+. The van der Waals surface area contributed by atoms with Gasteiger partial charge in [0.25, 0.3) is 11.6 Å². The molecule has 33 heavy (non-hydrogen) atoms. The second-order valence-electron chi connectivity index (χ2n) is 6.50. The van der Waals surface area contributed by atoms with Gasteiger partial charge >= 0.3 is 10.1 Å². The lowest BCUT2D eigenvalue weighted by Crippen LogP contribution is -2.13. The van der Waals surface area contributed by atoms with Gasteiger partial charge in [-0.2, -0.15) is 13.7 Å². The second kappa shape index (κ2) is 10.2. The lowest BCUT2D eigenvalue weighted by Gasteiger charge is -2.07. The first-order valence-electron chi connectivity index (χ1n) is 9.16. The molecule has 1 amide bonds. The maximum absolute atomic E-state index is 12.4. The molecular formula is C22H14IN3O6S. The molecule has 0 fully saturated rings. The quantitative estimate of drug-likeness (QED) is 0.109. The number of hydrogen-bond donors (Lipinski definition) is 1. The molecule has 11 heteroatoms. The Bertz CT molecular complexity index is 1400. The number of anilines is 1. The topological polar surface area (TPSA) is 139 Å². The van der Waals surface area contributed by atoms with Gasteiger partial charge in [-0.05, 0) is 70.6 Å². The minimum atomic E-state index is -4.30. The summed E-state index contributed by atoms with van der Waals surface area (Å²) in [6, 6.07) is 19.0. The minimum absolute atomic E-state index is 0.0412. The van der Waals surface area contributed by atoms with Crippen molar-refractivity contribution in [3.05, 3.63) is 97.6 Å². The maximum atomic E-state index is 12.4. The van der Waals surface area contributed by atoms with Gasteiger partial charge < -0.3 is 9.50 Å². The summed E-state index contributed by atoms with van der Waals surface area (Å²) in [6.45, 7) is 0. The average molecular weight is 575 g/mol. The zero-order valence-electron chi connectivity index (χ0n) is 16.6. The van der Waals surface area contributed by atoms with Crippen LogP contribution >= 0.6 is 22.6 Å². The SMILES string of the molecule is N#C/C(=C\c1ccc(OS(=O)(=O)c2cccc([N+](=O)[O-])c2)cc1)C(=O)Nc1cccc(I)c1. The monoisotopic (exact) mass is 575 g/mol. The van der Waals surface area contributed by atoms with Gasteiger partial charge in [-0.15, -0.1) is 0 Å². The highest BCUT2D eigenvalue weighted by Gasteiger charge is 2.20. The number of halogens is 1. The number of carbonyl (C=O) groups excluding carboxylic acids is 1. The lowest BCUT2D eigenvalue weighted by atomic mass is 10.1. The van der Waals surface area contributed by atoms with Gasteiger partial charge in [0.15, 0.2) is 0 Å². The van der Waals surface area contributed by atoms with Crippen molar-refractivity contribution < 1.29 is 22.3 Å². The highest BCUT2D eigenvalue weighted by atomic mass is 127. The number of nitro groups is 1. The summed E-state index contributed by atoms with van der Waals surface area (Å²) in [7, 11) is -4.30. The van der Waals surface area contributed by atoms with Crippen LogP contribution in [0.2, 0.25) is 0 Å². The molecule has 9 nitrogen and oxygen atoms in total. The Balaban J connectivity index is 1.75. The van der Waals surface area contributed by atoms with E-state index in [4.69, 9.17) is 4.18 Å². The van der Waals surface area contributed by atoms with E-state index in [2.05, 4.69) is 27.9 Å². The number of nitrogens with zero attached hydrogens (tertiary/aromatic N) is 2. The molecule has 0 aliphatic heterocycles. The maximum Gasteiger partial charge on any atom is 0.339 e. The first-order chi connectivity index (χ1) is 15.7. The van der Waals surface area contributed by atoms with E-state index in [1.165, 1.54) is 48.5 Å². The summed E-state index contributed by atoms with van der Waals surface area (Å²) in [4.78, 5) is 22.2. The van der Waals surface area contributed by atoms with Crippen LogP contribution in [0.4, 0.5) is 11.4 Å². The molecule has 166 valence electrons. The minimum Gasteiger partial charge on any atom is -0.379 e. The Kier molecular flexibility index (Phi) is 7.41. The smallest absolute Gasteiger partial charge is 0.339 e. The molecule has 0 saturated carbocycles. The van der Waals surface area contributed by atoms with E-state index in [0.717, 1.165) is 9.64 Å². The van der Waals surface area contributed by atoms with Crippen molar-refractivity contribution in [2.24, 2.45) is 0 Å². The highest BCUT2D eigenvalue weighted by Crippen LogP contribution is 2.23. The molecule has 0 atom stereocenters. The zero-order chi connectivity index (χ0) is 24.0. The van der Waals surface area contributed by atoms with E-state index in [0.29, 0.717) is 11.3 Å². The third-order valence-corrected chi connectivity index (χ3v) is 6.08. The van der Waals surface area contributed by atoms with Crippen LogP contribution in [-0.4, -0.2) is 19.2 Å². The predicted octanol–water partition coefficient (Wildman–Crippen LogP) is 4.51.